The second-order valence-corrected chi connectivity index (χ2v) is 7.69. The van der Waals surface area contributed by atoms with Gasteiger partial charge in [-0.05, 0) is 52.3 Å². The monoisotopic (exact) mass is 347 g/mol. The maximum Gasteiger partial charge on any atom is 0.410 e. The van der Waals surface area contributed by atoms with E-state index in [-0.39, 0.29) is 18.2 Å². The van der Waals surface area contributed by atoms with Crippen LogP contribution in [-0.2, 0) is 11.3 Å². The van der Waals surface area contributed by atoms with E-state index in [0.29, 0.717) is 12.1 Å². The largest absolute Gasteiger partial charge is 0.444 e. The van der Waals surface area contributed by atoms with Crippen molar-refractivity contribution < 1.29 is 14.3 Å². The predicted octanol–water partition coefficient (Wildman–Crippen LogP) is 2.62. The summed E-state index contributed by atoms with van der Waals surface area (Å²) in [6.07, 6.45) is -0.252. The highest BCUT2D eigenvalue weighted by atomic mass is 16.6. The lowest BCUT2D eigenvalue weighted by Gasteiger charge is -2.45. The third-order valence-corrected chi connectivity index (χ3v) is 4.65. The number of amides is 2. The quantitative estimate of drug-likeness (QED) is 0.912. The summed E-state index contributed by atoms with van der Waals surface area (Å²) in [5.41, 5.74) is 6.42. The molecule has 1 saturated heterocycles. The van der Waals surface area contributed by atoms with Crippen LogP contribution in [-0.4, -0.2) is 52.6 Å². The van der Waals surface area contributed by atoms with Gasteiger partial charge in [-0.15, -0.1) is 0 Å². The fourth-order valence-electron chi connectivity index (χ4n) is 3.02. The van der Waals surface area contributed by atoms with E-state index in [2.05, 4.69) is 18.7 Å². The van der Waals surface area contributed by atoms with Crippen molar-refractivity contribution >= 4 is 12.0 Å². The van der Waals surface area contributed by atoms with E-state index >= 15 is 0 Å². The van der Waals surface area contributed by atoms with Crippen LogP contribution in [0.15, 0.2) is 24.3 Å². The van der Waals surface area contributed by atoms with Gasteiger partial charge < -0.3 is 15.4 Å². The third kappa shape index (κ3) is 4.95. The molecule has 2 atom stereocenters. The van der Waals surface area contributed by atoms with Gasteiger partial charge in [0.25, 0.3) is 0 Å². The number of nitrogens with zero attached hydrogens (tertiary/aromatic N) is 2. The van der Waals surface area contributed by atoms with Crippen LogP contribution in [0.4, 0.5) is 4.79 Å². The SMILES string of the molecule is CC1C(C)N(C(=O)OC(C)(C)C)CCN1Cc1ccc(C(N)=O)cc1. The Balaban J connectivity index is 2.00. The first-order valence-electron chi connectivity index (χ1n) is 8.71. The molecule has 1 aromatic carbocycles. The lowest BCUT2D eigenvalue weighted by atomic mass is 10.0. The molecule has 2 amide bonds. The fraction of sp³-hybridized carbons (Fsp3) is 0.579. The van der Waals surface area contributed by atoms with Crippen molar-refractivity contribution in [2.45, 2.75) is 58.8 Å². The van der Waals surface area contributed by atoms with E-state index in [9.17, 15) is 9.59 Å². The van der Waals surface area contributed by atoms with Gasteiger partial charge in [0.2, 0.25) is 5.91 Å². The van der Waals surface area contributed by atoms with Crippen LogP contribution in [0.25, 0.3) is 0 Å². The molecule has 1 aromatic rings. The Labute approximate surface area is 149 Å². The molecule has 6 nitrogen and oxygen atoms in total. The maximum absolute atomic E-state index is 12.4. The molecular formula is C19H29N3O3. The lowest BCUT2D eigenvalue weighted by Crippen LogP contribution is -2.59. The van der Waals surface area contributed by atoms with Crippen LogP contribution in [0, 0.1) is 0 Å². The number of primary amides is 1. The van der Waals surface area contributed by atoms with Gasteiger partial charge in [-0.25, -0.2) is 4.79 Å². The fourth-order valence-corrected chi connectivity index (χ4v) is 3.02. The van der Waals surface area contributed by atoms with E-state index < -0.39 is 11.5 Å². The average Bonchev–Trinajstić information content (AvgIpc) is 2.50. The molecular weight excluding hydrogens is 318 g/mol. The Hall–Kier alpha value is -2.08. The number of rotatable bonds is 3. The summed E-state index contributed by atoms with van der Waals surface area (Å²) >= 11 is 0. The molecule has 1 aliphatic heterocycles. The average molecular weight is 347 g/mol. The van der Waals surface area contributed by atoms with Crippen molar-refractivity contribution in [1.82, 2.24) is 9.80 Å². The van der Waals surface area contributed by atoms with Crippen molar-refractivity contribution in [3.63, 3.8) is 0 Å². The predicted molar refractivity (Wildman–Crippen MR) is 97.2 cm³/mol. The van der Waals surface area contributed by atoms with Crippen LogP contribution < -0.4 is 5.73 Å². The first kappa shape index (κ1) is 19.2. The van der Waals surface area contributed by atoms with Gasteiger partial charge >= 0.3 is 6.09 Å². The molecule has 0 radical (unpaired) electrons. The second-order valence-electron chi connectivity index (χ2n) is 7.69. The Morgan fingerprint density at radius 1 is 1.12 bits per heavy atom. The van der Waals surface area contributed by atoms with Crippen LogP contribution in [0.1, 0.15) is 50.5 Å². The maximum atomic E-state index is 12.4. The molecule has 2 rings (SSSR count). The van der Waals surface area contributed by atoms with E-state index in [1.54, 1.807) is 12.1 Å². The number of carbonyl (C=O) groups is 2. The van der Waals surface area contributed by atoms with Crippen LogP contribution in [0.3, 0.4) is 0 Å². The van der Waals surface area contributed by atoms with Gasteiger partial charge in [-0.2, -0.15) is 0 Å². The highest BCUT2D eigenvalue weighted by Crippen LogP contribution is 2.22. The molecule has 6 heteroatoms. The molecule has 0 spiro atoms. The summed E-state index contributed by atoms with van der Waals surface area (Å²) < 4.78 is 5.51. The van der Waals surface area contributed by atoms with E-state index in [1.807, 2.05) is 37.8 Å². The topological polar surface area (TPSA) is 75.9 Å². The Kier molecular flexibility index (Phi) is 5.72. The third-order valence-electron chi connectivity index (χ3n) is 4.65. The number of nitrogens with two attached hydrogens (primary N) is 1. The molecule has 1 heterocycles. The van der Waals surface area contributed by atoms with Crippen LogP contribution in [0.2, 0.25) is 0 Å². The zero-order chi connectivity index (χ0) is 18.8. The van der Waals surface area contributed by atoms with Crippen molar-refractivity contribution in [2.24, 2.45) is 5.73 Å². The highest BCUT2D eigenvalue weighted by Gasteiger charge is 2.35. The molecule has 0 aliphatic carbocycles. The van der Waals surface area contributed by atoms with Crippen LogP contribution in [0.5, 0.6) is 0 Å². The van der Waals surface area contributed by atoms with Crippen LogP contribution >= 0.6 is 0 Å². The molecule has 2 unspecified atom stereocenters. The summed E-state index contributed by atoms with van der Waals surface area (Å²) in [6.45, 7) is 12.0. The van der Waals surface area contributed by atoms with Gasteiger partial charge in [0.1, 0.15) is 5.60 Å². The summed E-state index contributed by atoms with van der Waals surface area (Å²) in [5.74, 6) is -0.417. The van der Waals surface area contributed by atoms with Gasteiger partial charge in [-0.3, -0.25) is 9.69 Å². The van der Waals surface area contributed by atoms with E-state index in [1.165, 1.54) is 0 Å². The Morgan fingerprint density at radius 3 is 2.24 bits per heavy atom. The molecule has 0 bridgehead atoms. The molecule has 138 valence electrons. The number of carbonyl (C=O) groups excluding carboxylic acids is 2. The molecule has 0 saturated carbocycles. The lowest BCUT2D eigenvalue weighted by molar-refractivity contribution is -0.0144. The molecule has 2 N–H and O–H groups in total. The molecule has 25 heavy (non-hydrogen) atoms. The summed E-state index contributed by atoms with van der Waals surface area (Å²) in [7, 11) is 0. The number of hydrogen-bond acceptors (Lipinski definition) is 4. The zero-order valence-corrected chi connectivity index (χ0v) is 15.8. The number of ether oxygens (including phenoxy) is 1. The summed E-state index contributed by atoms with van der Waals surface area (Å²) in [4.78, 5) is 27.7. The van der Waals surface area contributed by atoms with E-state index in [4.69, 9.17) is 10.5 Å². The van der Waals surface area contributed by atoms with Gasteiger partial charge in [0.15, 0.2) is 0 Å². The smallest absolute Gasteiger partial charge is 0.410 e. The minimum Gasteiger partial charge on any atom is -0.444 e. The first-order valence-corrected chi connectivity index (χ1v) is 8.71. The Morgan fingerprint density at radius 2 is 1.72 bits per heavy atom. The van der Waals surface area contributed by atoms with E-state index in [0.717, 1.165) is 18.7 Å². The minimum absolute atomic E-state index is 0.0634. The van der Waals surface area contributed by atoms with Crippen molar-refractivity contribution in [3.05, 3.63) is 35.4 Å². The van der Waals surface area contributed by atoms with Crippen molar-refractivity contribution in [2.75, 3.05) is 13.1 Å². The molecule has 1 aliphatic rings. The standard InChI is InChI=1S/C19H29N3O3/c1-13-14(2)22(18(24)25-19(3,4)5)11-10-21(13)12-15-6-8-16(9-7-15)17(20)23/h6-9,13-14H,10-12H2,1-5H3,(H2,20,23). The molecule has 0 aromatic heterocycles. The second kappa shape index (κ2) is 7.44. The van der Waals surface area contributed by atoms with Gasteiger partial charge in [-0.1, -0.05) is 12.1 Å². The first-order chi connectivity index (χ1) is 11.6. The van der Waals surface area contributed by atoms with Gasteiger partial charge in [0.05, 0.1) is 0 Å². The highest BCUT2D eigenvalue weighted by molar-refractivity contribution is 5.92. The van der Waals surface area contributed by atoms with Crippen molar-refractivity contribution in [3.8, 4) is 0 Å². The minimum atomic E-state index is -0.487. The summed E-state index contributed by atoms with van der Waals surface area (Å²) in [5, 5.41) is 0. The number of benzene rings is 1. The molecule has 1 fully saturated rings. The summed E-state index contributed by atoms with van der Waals surface area (Å²) in [6, 6.07) is 7.63. The normalized spacial score (nSPS) is 21.9. The zero-order valence-electron chi connectivity index (χ0n) is 15.8. The number of piperazine rings is 1. The number of hydrogen-bond donors (Lipinski definition) is 1. The Bertz CT molecular complexity index is 622. The van der Waals surface area contributed by atoms with Gasteiger partial charge in [0, 0.05) is 37.3 Å². The van der Waals surface area contributed by atoms with Crippen molar-refractivity contribution in [1.29, 1.82) is 0 Å².